The van der Waals surface area contributed by atoms with Gasteiger partial charge in [0.15, 0.2) is 16.7 Å². The van der Waals surface area contributed by atoms with Gasteiger partial charge >= 0.3 is 15.2 Å². The lowest BCUT2D eigenvalue weighted by Crippen LogP contribution is -2.30. The number of imidazole rings is 1. The molecule has 0 spiro atoms. The van der Waals surface area contributed by atoms with E-state index in [1.165, 1.54) is 13.5 Å². The number of ether oxygens (including phenoxy) is 1. The van der Waals surface area contributed by atoms with Crippen molar-refractivity contribution in [2.75, 3.05) is 37.6 Å². The number of hydrogen-bond acceptors (Lipinski definition) is 7. The summed E-state index contributed by atoms with van der Waals surface area (Å²) in [7, 11) is -7.70. The molecule has 0 saturated carbocycles. The molecular formula is C18H29ClN4O7P2. The molecule has 0 amide bonds. The summed E-state index contributed by atoms with van der Waals surface area (Å²) >= 11 is 6.31. The first kappa shape index (κ1) is 25.6. The van der Waals surface area contributed by atoms with Gasteiger partial charge in [0, 0.05) is 32.2 Å². The molecule has 0 aliphatic carbocycles. The molecule has 1 fully saturated rings. The minimum atomic E-state index is -4.69. The largest absolute Gasteiger partial charge is 0.379 e. The fourth-order valence-corrected chi connectivity index (χ4v) is 6.63. The van der Waals surface area contributed by atoms with Crippen LogP contribution in [0.3, 0.4) is 0 Å². The molecule has 0 radical (unpaired) electrons. The van der Waals surface area contributed by atoms with E-state index in [1.54, 1.807) is 10.7 Å². The van der Waals surface area contributed by atoms with Crippen LogP contribution in [0, 0.1) is 0 Å². The Bertz CT molecular complexity index is 1020. The highest BCUT2D eigenvalue weighted by Gasteiger charge is 2.32. The fourth-order valence-electron chi connectivity index (χ4n) is 3.86. The predicted octanol–water partition coefficient (Wildman–Crippen LogP) is 3.22. The van der Waals surface area contributed by atoms with Gasteiger partial charge in [-0.2, -0.15) is 5.10 Å². The third kappa shape index (κ3) is 6.74. The second-order valence-electron chi connectivity index (χ2n) is 8.05. The Morgan fingerprint density at radius 3 is 2.53 bits per heavy atom. The van der Waals surface area contributed by atoms with Gasteiger partial charge in [-0.3, -0.25) is 9.13 Å². The molecule has 3 rings (SSSR count). The van der Waals surface area contributed by atoms with E-state index in [-0.39, 0.29) is 12.5 Å². The normalized spacial score (nSPS) is 19.1. The molecule has 32 heavy (non-hydrogen) atoms. The molecule has 1 aliphatic heterocycles. The summed E-state index contributed by atoms with van der Waals surface area (Å²) in [4.78, 5) is 34.4. The molecule has 2 aromatic rings. The Balaban J connectivity index is 1.74. The molecule has 180 valence electrons. The SMILES string of the molecule is CO[C@H](COP(=O)(O)CP(=O)(O)O)CC(C)c1cnc2c(N3CCCCC3)cc(Cl)nn12. The van der Waals surface area contributed by atoms with Crippen molar-refractivity contribution in [2.24, 2.45) is 0 Å². The van der Waals surface area contributed by atoms with Crippen LogP contribution in [0.15, 0.2) is 12.3 Å². The van der Waals surface area contributed by atoms with Crippen LogP contribution < -0.4 is 4.90 Å². The van der Waals surface area contributed by atoms with Gasteiger partial charge in [-0.25, -0.2) is 9.50 Å². The van der Waals surface area contributed by atoms with Crippen LogP contribution in [0.2, 0.25) is 5.15 Å². The highest BCUT2D eigenvalue weighted by Crippen LogP contribution is 2.55. The number of fused-ring (bicyclic) bond motifs is 1. The van der Waals surface area contributed by atoms with Crippen molar-refractivity contribution in [1.82, 2.24) is 14.6 Å². The van der Waals surface area contributed by atoms with Crippen molar-refractivity contribution >= 4 is 38.1 Å². The van der Waals surface area contributed by atoms with Gasteiger partial charge in [-0.15, -0.1) is 0 Å². The monoisotopic (exact) mass is 510 g/mol. The zero-order valence-corrected chi connectivity index (χ0v) is 20.5. The zero-order valence-electron chi connectivity index (χ0n) is 18.0. The van der Waals surface area contributed by atoms with Crippen LogP contribution >= 0.6 is 26.8 Å². The smallest absolute Gasteiger partial charge is 0.340 e. The van der Waals surface area contributed by atoms with E-state index in [0.717, 1.165) is 37.3 Å². The summed E-state index contributed by atoms with van der Waals surface area (Å²) < 4.78 is 34.9. The first-order valence-electron chi connectivity index (χ1n) is 10.3. The summed E-state index contributed by atoms with van der Waals surface area (Å²) in [5.41, 5.74) is 2.45. The lowest BCUT2D eigenvalue weighted by molar-refractivity contribution is 0.0440. The second kappa shape index (κ2) is 10.5. The zero-order chi connectivity index (χ0) is 23.5. The first-order chi connectivity index (χ1) is 15.0. The minimum Gasteiger partial charge on any atom is -0.379 e. The molecule has 0 aromatic carbocycles. The summed E-state index contributed by atoms with van der Waals surface area (Å²) in [5, 5.41) is 4.78. The van der Waals surface area contributed by atoms with Gasteiger partial charge < -0.3 is 28.8 Å². The standard InChI is InChI=1S/C18H29ClN4O7P2/c1-13(8-14(29-2)11-30-32(27,28)12-31(24,25)26)16-10-20-18-15(9-17(19)21-23(16)18)22-6-4-3-5-7-22/h9-10,13-14H,3-8,11-12H2,1-2H3,(H,27,28)(H2,24,25,26)/t13?,14-/m0/s1. The maximum Gasteiger partial charge on any atom is 0.340 e. The number of halogens is 1. The fraction of sp³-hybridized carbons (Fsp3) is 0.667. The lowest BCUT2D eigenvalue weighted by Gasteiger charge is -2.29. The van der Waals surface area contributed by atoms with Crippen LogP contribution in [0.4, 0.5) is 5.69 Å². The van der Waals surface area contributed by atoms with E-state index in [2.05, 4.69) is 15.0 Å². The van der Waals surface area contributed by atoms with E-state index in [4.69, 9.17) is 30.6 Å². The van der Waals surface area contributed by atoms with Crippen LogP contribution in [0.5, 0.6) is 0 Å². The summed E-state index contributed by atoms with van der Waals surface area (Å²) in [6.45, 7) is 3.52. The molecule has 11 nitrogen and oxygen atoms in total. The van der Waals surface area contributed by atoms with Crippen LogP contribution in [-0.4, -0.2) is 68.1 Å². The first-order valence-corrected chi connectivity index (χ1v) is 14.3. The molecule has 1 aliphatic rings. The Hall–Kier alpha value is -1.03. The number of hydrogen-bond donors (Lipinski definition) is 3. The predicted molar refractivity (Wildman–Crippen MR) is 121 cm³/mol. The molecule has 3 atom stereocenters. The average molecular weight is 511 g/mol. The molecule has 2 unspecified atom stereocenters. The number of aromatic nitrogens is 3. The van der Waals surface area contributed by atoms with Crippen molar-refractivity contribution in [3.63, 3.8) is 0 Å². The Kier molecular flexibility index (Phi) is 8.39. The van der Waals surface area contributed by atoms with E-state index in [9.17, 15) is 14.0 Å². The number of methoxy groups -OCH3 is 1. The van der Waals surface area contributed by atoms with E-state index < -0.39 is 27.2 Å². The second-order valence-corrected chi connectivity index (χ2v) is 12.4. The Morgan fingerprint density at radius 1 is 1.22 bits per heavy atom. The maximum atomic E-state index is 11.9. The van der Waals surface area contributed by atoms with Crippen molar-refractivity contribution in [3.8, 4) is 0 Å². The minimum absolute atomic E-state index is 0.126. The number of rotatable bonds is 10. The number of anilines is 1. The quantitative estimate of drug-likeness (QED) is 0.407. The summed E-state index contributed by atoms with van der Waals surface area (Å²) in [6, 6.07) is 1.83. The summed E-state index contributed by atoms with van der Waals surface area (Å²) in [5.74, 6) is -1.36. The van der Waals surface area contributed by atoms with Crippen molar-refractivity contribution in [3.05, 3.63) is 23.1 Å². The van der Waals surface area contributed by atoms with E-state index >= 15 is 0 Å². The molecule has 1 saturated heterocycles. The van der Waals surface area contributed by atoms with Gasteiger partial charge in [0.1, 0.15) is 0 Å². The van der Waals surface area contributed by atoms with Crippen molar-refractivity contribution < 1.29 is 33.1 Å². The van der Waals surface area contributed by atoms with Gasteiger partial charge in [0.05, 0.1) is 30.3 Å². The van der Waals surface area contributed by atoms with E-state index in [0.29, 0.717) is 17.2 Å². The highest BCUT2D eigenvalue weighted by molar-refractivity contribution is 7.70. The van der Waals surface area contributed by atoms with Crippen LogP contribution in [0.25, 0.3) is 5.65 Å². The molecule has 14 heteroatoms. The maximum absolute atomic E-state index is 11.9. The van der Waals surface area contributed by atoms with Crippen molar-refractivity contribution in [2.45, 2.75) is 44.6 Å². The van der Waals surface area contributed by atoms with Gasteiger partial charge in [-0.05, 0) is 25.7 Å². The molecule has 0 bridgehead atoms. The van der Waals surface area contributed by atoms with Crippen molar-refractivity contribution in [1.29, 1.82) is 0 Å². The Labute approximate surface area is 191 Å². The molecule has 2 aromatic heterocycles. The molecule has 3 N–H and O–H groups in total. The average Bonchev–Trinajstić information content (AvgIpc) is 3.13. The third-order valence-electron chi connectivity index (χ3n) is 5.42. The lowest BCUT2D eigenvalue weighted by atomic mass is 10.0. The van der Waals surface area contributed by atoms with Gasteiger partial charge in [-0.1, -0.05) is 18.5 Å². The van der Waals surface area contributed by atoms with Gasteiger partial charge in [0.25, 0.3) is 0 Å². The summed E-state index contributed by atoms with van der Waals surface area (Å²) in [6.07, 6.45) is 4.97. The van der Waals surface area contributed by atoms with Crippen LogP contribution in [0.1, 0.15) is 44.2 Å². The third-order valence-corrected chi connectivity index (χ3v) is 9.06. The Morgan fingerprint density at radius 2 is 1.91 bits per heavy atom. The highest BCUT2D eigenvalue weighted by atomic mass is 35.5. The topological polar surface area (TPSA) is 147 Å². The molecule has 3 heterocycles. The number of piperidine rings is 1. The molecular weight excluding hydrogens is 482 g/mol. The van der Waals surface area contributed by atoms with Crippen LogP contribution in [-0.2, 0) is 18.4 Å². The van der Waals surface area contributed by atoms with E-state index in [1.807, 2.05) is 13.0 Å². The number of nitrogens with zero attached hydrogens (tertiary/aromatic N) is 4. The van der Waals surface area contributed by atoms with Gasteiger partial charge in [0.2, 0.25) is 0 Å².